The average molecular weight is 388 g/mol. The molecule has 1 aliphatic heterocycles. The van der Waals surface area contributed by atoms with Gasteiger partial charge in [0.2, 0.25) is 0 Å². The Labute approximate surface area is 167 Å². The Morgan fingerprint density at radius 3 is 2.33 bits per heavy atom. The Hall–Kier alpha value is -0.240. The normalized spacial score (nSPS) is 34.2. The van der Waals surface area contributed by atoms with Crippen LogP contribution in [0.3, 0.4) is 0 Å². The lowest BCUT2D eigenvalue weighted by atomic mass is 9.69. The minimum atomic E-state index is -0.785. The van der Waals surface area contributed by atoms with Crippen LogP contribution in [0, 0.1) is 5.92 Å². The Bertz CT molecular complexity index is 460. The van der Waals surface area contributed by atoms with E-state index in [4.69, 9.17) is 4.84 Å². The minimum absolute atomic E-state index is 0.0862. The van der Waals surface area contributed by atoms with Crippen LogP contribution in [0.25, 0.3) is 0 Å². The van der Waals surface area contributed by atoms with Gasteiger partial charge in [0.25, 0.3) is 0 Å². The summed E-state index contributed by atoms with van der Waals surface area (Å²) in [5.74, 6) is 0.0862. The topological polar surface area (TPSA) is 68.2 Å². The monoisotopic (exact) mass is 387 g/mol. The van der Waals surface area contributed by atoms with E-state index in [1.807, 2.05) is 27.9 Å². The van der Waals surface area contributed by atoms with Crippen molar-refractivity contribution in [3.05, 3.63) is 0 Å². The fourth-order valence-corrected chi connectivity index (χ4v) is 4.06. The first-order chi connectivity index (χ1) is 12.3. The average Bonchev–Trinajstić information content (AvgIpc) is 2.60. The molecule has 1 heterocycles. The van der Waals surface area contributed by atoms with Crippen molar-refractivity contribution < 1.29 is 15.1 Å². The van der Waals surface area contributed by atoms with Crippen molar-refractivity contribution in [2.24, 2.45) is 5.92 Å². The molecule has 0 aromatic carbocycles. The summed E-state index contributed by atoms with van der Waals surface area (Å²) in [5, 5.41) is 26.7. The van der Waals surface area contributed by atoms with Gasteiger partial charge < -0.3 is 15.1 Å². The molecule has 0 radical (unpaired) electrons. The summed E-state index contributed by atoms with van der Waals surface area (Å²) in [6.45, 7) is 16.3. The molecule has 6 nitrogen and oxygen atoms in total. The zero-order valence-electron chi connectivity index (χ0n) is 19.2. The van der Waals surface area contributed by atoms with Gasteiger partial charge in [-0.2, -0.15) is 5.06 Å². The fraction of sp³-hybridized carbons (Fsp3) is 1.00. The molecular weight excluding hydrogens is 342 g/mol. The van der Waals surface area contributed by atoms with Gasteiger partial charge in [-0.25, -0.2) is 0 Å². The summed E-state index contributed by atoms with van der Waals surface area (Å²) < 4.78 is 0. The highest BCUT2D eigenvalue weighted by Gasteiger charge is 2.55. The first-order valence-electron chi connectivity index (χ1n) is 10.6. The molecule has 0 saturated carbocycles. The van der Waals surface area contributed by atoms with E-state index in [0.717, 1.165) is 32.4 Å². The van der Waals surface area contributed by atoms with Gasteiger partial charge in [-0.1, -0.05) is 20.8 Å². The molecule has 0 spiro atoms. The van der Waals surface area contributed by atoms with E-state index in [1.165, 1.54) is 0 Å². The van der Waals surface area contributed by atoms with Gasteiger partial charge in [-0.3, -0.25) is 10.2 Å². The number of nitrogens with one attached hydrogen (secondary N) is 1. The Kier molecular flexibility index (Phi) is 8.73. The van der Waals surface area contributed by atoms with E-state index in [-0.39, 0.29) is 23.1 Å². The molecule has 3 N–H and O–H groups in total. The predicted octanol–water partition coefficient (Wildman–Crippen LogP) is 2.60. The summed E-state index contributed by atoms with van der Waals surface area (Å²) in [6.07, 6.45) is 2.24. The fourth-order valence-electron chi connectivity index (χ4n) is 4.06. The van der Waals surface area contributed by atoms with Crippen LogP contribution in [-0.4, -0.2) is 76.4 Å². The molecule has 0 bridgehead atoms. The third kappa shape index (κ3) is 5.64. The van der Waals surface area contributed by atoms with Crippen LogP contribution in [0.1, 0.15) is 74.1 Å². The summed E-state index contributed by atoms with van der Waals surface area (Å²) >= 11 is 0. The maximum absolute atomic E-state index is 10.8. The maximum Gasteiger partial charge on any atom is 0.135 e. The number of hydrogen-bond acceptors (Lipinski definition) is 6. The first-order valence-corrected chi connectivity index (χ1v) is 10.6. The molecule has 1 rings (SSSR count). The lowest BCUT2D eigenvalue weighted by molar-refractivity contribution is -0.369. The van der Waals surface area contributed by atoms with Gasteiger partial charge in [0, 0.05) is 17.0 Å². The standard InChI is InChI=1S/C21H45N3O3/c1-10-20(6)15-17(25)16(3)21(7,11-2)24(20)27-19(4,5)18(26)22-13-12-14-23(8)9/h16-18,22,25-26H,10-15H2,1-9H3. The van der Waals surface area contributed by atoms with E-state index in [0.29, 0.717) is 6.42 Å². The van der Waals surface area contributed by atoms with Gasteiger partial charge in [-0.15, -0.1) is 0 Å². The second-order valence-corrected chi connectivity index (χ2v) is 9.62. The van der Waals surface area contributed by atoms with Crippen molar-refractivity contribution in [1.82, 2.24) is 15.3 Å². The summed E-state index contributed by atoms with van der Waals surface area (Å²) in [6, 6.07) is 0. The van der Waals surface area contributed by atoms with E-state index in [1.54, 1.807) is 0 Å². The van der Waals surface area contributed by atoms with E-state index in [9.17, 15) is 10.2 Å². The molecule has 5 unspecified atom stereocenters. The molecule has 1 aliphatic rings. The molecular formula is C21H45N3O3. The second kappa shape index (κ2) is 9.51. The van der Waals surface area contributed by atoms with Gasteiger partial charge in [0.15, 0.2) is 0 Å². The largest absolute Gasteiger partial charge is 0.393 e. The number of piperidine rings is 1. The van der Waals surface area contributed by atoms with Crippen molar-refractivity contribution in [3.63, 3.8) is 0 Å². The quantitative estimate of drug-likeness (QED) is 0.395. The lowest BCUT2D eigenvalue weighted by Gasteiger charge is -2.60. The number of nitrogens with zero attached hydrogens (tertiary/aromatic N) is 2. The number of aliphatic hydroxyl groups excluding tert-OH is 2. The highest BCUT2D eigenvalue weighted by Crippen LogP contribution is 2.47. The molecule has 0 aromatic rings. The Morgan fingerprint density at radius 2 is 1.85 bits per heavy atom. The molecule has 5 atom stereocenters. The number of aliphatic hydroxyl groups is 2. The zero-order valence-corrected chi connectivity index (χ0v) is 19.2. The summed E-state index contributed by atoms with van der Waals surface area (Å²) in [7, 11) is 4.10. The first kappa shape index (κ1) is 24.8. The zero-order chi connectivity index (χ0) is 21.0. The minimum Gasteiger partial charge on any atom is -0.393 e. The van der Waals surface area contributed by atoms with Gasteiger partial charge in [-0.05, 0) is 80.6 Å². The highest BCUT2D eigenvalue weighted by atomic mass is 16.7. The number of rotatable bonds is 10. The molecule has 162 valence electrons. The van der Waals surface area contributed by atoms with E-state index < -0.39 is 11.8 Å². The molecule has 0 amide bonds. The number of hydrogen-bond donors (Lipinski definition) is 3. The van der Waals surface area contributed by atoms with Crippen molar-refractivity contribution >= 4 is 0 Å². The van der Waals surface area contributed by atoms with Gasteiger partial charge in [0.05, 0.1) is 6.10 Å². The molecule has 27 heavy (non-hydrogen) atoms. The molecule has 1 fully saturated rings. The number of hydroxylamine groups is 2. The Balaban J connectivity index is 2.94. The van der Waals surface area contributed by atoms with Crippen LogP contribution < -0.4 is 5.32 Å². The van der Waals surface area contributed by atoms with Crippen LogP contribution in [0.4, 0.5) is 0 Å². The predicted molar refractivity (Wildman–Crippen MR) is 111 cm³/mol. The molecule has 1 saturated heterocycles. The maximum atomic E-state index is 10.8. The van der Waals surface area contributed by atoms with E-state index >= 15 is 0 Å². The molecule has 6 heteroatoms. The molecule has 0 aliphatic carbocycles. The van der Waals surface area contributed by atoms with Gasteiger partial charge in [0.1, 0.15) is 11.8 Å². The molecule has 0 aromatic heterocycles. The second-order valence-electron chi connectivity index (χ2n) is 9.62. The lowest BCUT2D eigenvalue weighted by Crippen LogP contribution is -2.70. The third-order valence-electron chi connectivity index (χ3n) is 6.74. The third-order valence-corrected chi connectivity index (χ3v) is 6.74. The summed E-state index contributed by atoms with van der Waals surface area (Å²) in [5.41, 5.74) is -1.37. The van der Waals surface area contributed by atoms with Crippen LogP contribution in [0.2, 0.25) is 0 Å². The smallest absolute Gasteiger partial charge is 0.135 e. The van der Waals surface area contributed by atoms with Crippen LogP contribution in [0.5, 0.6) is 0 Å². The van der Waals surface area contributed by atoms with Crippen LogP contribution in [0.15, 0.2) is 0 Å². The van der Waals surface area contributed by atoms with Crippen LogP contribution in [-0.2, 0) is 4.84 Å². The Morgan fingerprint density at radius 1 is 1.26 bits per heavy atom. The van der Waals surface area contributed by atoms with Crippen molar-refractivity contribution in [1.29, 1.82) is 0 Å². The highest BCUT2D eigenvalue weighted by molar-refractivity contribution is 5.04. The van der Waals surface area contributed by atoms with Crippen molar-refractivity contribution in [3.8, 4) is 0 Å². The SMILES string of the molecule is CCC1(C)CC(O)C(C)C(C)(CC)N1OC(C)(C)C(O)NCCCN(C)C. The van der Waals surface area contributed by atoms with Crippen molar-refractivity contribution in [2.45, 2.75) is 103 Å². The summed E-state index contributed by atoms with van der Waals surface area (Å²) in [4.78, 5) is 8.68. The van der Waals surface area contributed by atoms with Crippen molar-refractivity contribution in [2.75, 3.05) is 27.2 Å². The van der Waals surface area contributed by atoms with E-state index in [2.05, 4.69) is 49.9 Å². The van der Waals surface area contributed by atoms with Crippen LogP contribution >= 0.6 is 0 Å². The van der Waals surface area contributed by atoms with Gasteiger partial charge >= 0.3 is 0 Å².